The fourth-order valence-electron chi connectivity index (χ4n) is 2.66. The highest BCUT2D eigenvalue weighted by Crippen LogP contribution is 2.40. The zero-order valence-corrected chi connectivity index (χ0v) is 16.9. The van der Waals surface area contributed by atoms with E-state index in [9.17, 15) is 19.8 Å². The number of benzene rings is 1. The van der Waals surface area contributed by atoms with Gasteiger partial charge in [-0.25, -0.2) is 4.79 Å². The van der Waals surface area contributed by atoms with Crippen LogP contribution in [0, 0.1) is 0 Å². The Labute approximate surface area is 166 Å². The first-order chi connectivity index (χ1) is 12.8. The topological polar surface area (TPSA) is 96.3 Å². The number of phenolic OH excluding ortho intramolecular Hbond substituents is 1. The molecule has 0 bridgehead atoms. The smallest absolute Gasteiger partial charge is 0.326 e. The summed E-state index contributed by atoms with van der Waals surface area (Å²) in [5.41, 5.74) is 0.558. The molecule has 1 aliphatic heterocycles. The van der Waals surface area contributed by atoms with E-state index in [0.29, 0.717) is 23.3 Å². The van der Waals surface area contributed by atoms with Crippen LogP contribution in [-0.4, -0.2) is 51.6 Å². The molecular weight excluding hydrogens is 390 g/mol. The van der Waals surface area contributed by atoms with Crippen LogP contribution >= 0.6 is 24.0 Å². The largest absolute Gasteiger partial charge is 0.502 e. The minimum absolute atomic E-state index is 0.143. The number of carbonyl (C=O) groups excluding carboxylic acids is 1. The third kappa shape index (κ3) is 4.54. The monoisotopic (exact) mass is 411 g/mol. The van der Waals surface area contributed by atoms with Gasteiger partial charge >= 0.3 is 5.97 Å². The van der Waals surface area contributed by atoms with Gasteiger partial charge in [-0.3, -0.25) is 9.69 Å². The summed E-state index contributed by atoms with van der Waals surface area (Å²) in [5.74, 6) is -1.27. The summed E-state index contributed by atoms with van der Waals surface area (Å²) < 4.78 is 10.4. The van der Waals surface area contributed by atoms with E-state index in [1.165, 1.54) is 19.1 Å². The van der Waals surface area contributed by atoms with E-state index < -0.39 is 17.9 Å². The van der Waals surface area contributed by atoms with Crippen molar-refractivity contribution in [2.24, 2.45) is 0 Å². The molecule has 27 heavy (non-hydrogen) atoms. The van der Waals surface area contributed by atoms with Crippen LogP contribution in [0.15, 0.2) is 17.0 Å². The van der Waals surface area contributed by atoms with Gasteiger partial charge in [0.25, 0.3) is 5.91 Å². The molecule has 0 saturated carbocycles. The molecule has 1 amide bonds. The normalized spacial score (nSPS) is 16.7. The van der Waals surface area contributed by atoms with Gasteiger partial charge in [0.2, 0.25) is 5.75 Å². The van der Waals surface area contributed by atoms with Crippen molar-refractivity contribution in [2.45, 2.75) is 32.2 Å². The molecule has 1 unspecified atom stereocenters. The van der Waals surface area contributed by atoms with Gasteiger partial charge in [-0.05, 0) is 30.2 Å². The van der Waals surface area contributed by atoms with Gasteiger partial charge in [-0.1, -0.05) is 43.7 Å². The third-order valence-corrected chi connectivity index (χ3v) is 5.38. The lowest BCUT2D eigenvalue weighted by molar-refractivity contribution is -0.145. The number of aliphatic carboxylic acids is 1. The van der Waals surface area contributed by atoms with Crippen molar-refractivity contribution in [3.8, 4) is 17.2 Å². The average molecular weight is 412 g/mol. The molecule has 1 aromatic carbocycles. The van der Waals surface area contributed by atoms with Gasteiger partial charge < -0.3 is 19.7 Å². The molecule has 2 N–H and O–H groups in total. The Morgan fingerprint density at radius 1 is 1.33 bits per heavy atom. The van der Waals surface area contributed by atoms with Crippen LogP contribution in [0.1, 0.15) is 31.7 Å². The van der Waals surface area contributed by atoms with Crippen LogP contribution in [0.3, 0.4) is 0 Å². The molecular formula is C18H21NO6S2. The van der Waals surface area contributed by atoms with E-state index in [0.717, 1.165) is 18.2 Å². The van der Waals surface area contributed by atoms with E-state index in [1.807, 2.05) is 6.92 Å². The minimum atomic E-state index is -1.08. The second-order valence-corrected chi connectivity index (χ2v) is 7.50. The summed E-state index contributed by atoms with van der Waals surface area (Å²) in [6.45, 7) is 1.95. The zero-order chi connectivity index (χ0) is 20.1. The maximum atomic E-state index is 12.8. The predicted octanol–water partition coefficient (Wildman–Crippen LogP) is 3.25. The number of aromatic hydroxyl groups is 1. The summed E-state index contributed by atoms with van der Waals surface area (Å²) in [4.78, 5) is 25.9. The van der Waals surface area contributed by atoms with E-state index in [4.69, 9.17) is 21.7 Å². The molecule has 1 fully saturated rings. The van der Waals surface area contributed by atoms with E-state index >= 15 is 0 Å². The van der Waals surface area contributed by atoms with Crippen molar-refractivity contribution in [2.75, 3.05) is 14.2 Å². The number of thioether (sulfide) groups is 1. The number of ether oxygens (including phenoxy) is 2. The standard InChI is InChI=1S/C18H21NO6S2/c1-4-5-6-11(17(22)23)19-16(21)14(27-18(19)26)9-10-7-12(24-2)15(20)13(8-10)25-3/h7-9,11,20H,4-6H2,1-3H3,(H,22,23). The number of rotatable bonds is 8. The van der Waals surface area contributed by atoms with Crippen molar-refractivity contribution in [1.29, 1.82) is 0 Å². The number of methoxy groups -OCH3 is 2. The van der Waals surface area contributed by atoms with E-state index in [2.05, 4.69) is 0 Å². The predicted molar refractivity (Wildman–Crippen MR) is 107 cm³/mol. The van der Waals surface area contributed by atoms with Crippen LogP contribution in [-0.2, 0) is 9.59 Å². The number of nitrogens with zero attached hydrogens (tertiary/aromatic N) is 1. The summed E-state index contributed by atoms with van der Waals surface area (Å²) in [6.07, 6.45) is 3.41. The van der Waals surface area contributed by atoms with Crippen molar-refractivity contribution in [1.82, 2.24) is 4.90 Å². The fraction of sp³-hybridized carbons (Fsp3) is 0.389. The van der Waals surface area contributed by atoms with Crippen LogP contribution in [0.4, 0.5) is 0 Å². The van der Waals surface area contributed by atoms with Gasteiger partial charge in [0, 0.05) is 0 Å². The lowest BCUT2D eigenvalue weighted by Gasteiger charge is -2.22. The van der Waals surface area contributed by atoms with Gasteiger partial charge in [0.05, 0.1) is 19.1 Å². The second-order valence-electron chi connectivity index (χ2n) is 5.82. The van der Waals surface area contributed by atoms with Gasteiger partial charge in [-0.15, -0.1) is 0 Å². The summed E-state index contributed by atoms with van der Waals surface area (Å²) in [5, 5.41) is 19.5. The van der Waals surface area contributed by atoms with Crippen molar-refractivity contribution in [3.63, 3.8) is 0 Å². The van der Waals surface area contributed by atoms with Crippen LogP contribution in [0.5, 0.6) is 17.2 Å². The van der Waals surface area contributed by atoms with Gasteiger partial charge in [0.1, 0.15) is 10.4 Å². The van der Waals surface area contributed by atoms with Crippen molar-refractivity contribution < 1.29 is 29.3 Å². The fourth-order valence-corrected chi connectivity index (χ4v) is 4.01. The van der Waals surface area contributed by atoms with Gasteiger partial charge in [-0.2, -0.15) is 0 Å². The molecule has 9 heteroatoms. The third-order valence-electron chi connectivity index (χ3n) is 4.05. The summed E-state index contributed by atoms with van der Waals surface area (Å²) in [6, 6.07) is 2.12. The number of phenols is 1. The summed E-state index contributed by atoms with van der Waals surface area (Å²) in [7, 11) is 2.81. The van der Waals surface area contributed by atoms with E-state index in [1.54, 1.807) is 18.2 Å². The highest BCUT2D eigenvalue weighted by atomic mass is 32.2. The Morgan fingerprint density at radius 3 is 2.41 bits per heavy atom. The summed E-state index contributed by atoms with van der Waals surface area (Å²) >= 11 is 6.30. The number of hydrogen-bond donors (Lipinski definition) is 2. The van der Waals surface area contributed by atoms with E-state index in [-0.39, 0.29) is 21.6 Å². The Morgan fingerprint density at radius 2 is 1.93 bits per heavy atom. The molecule has 0 aliphatic carbocycles. The first kappa shape index (κ1) is 21.0. The molecule has 2 rings (SSSR count). The number of amides is 1. The first-order valence-electron chi connectivity index (χ1n) is 8.28. The molecule has 0 spiro atoms. The Bertz CT molecular complexity index is 767. The lowest BCUT2D eigenvalue weighted by Crippen LogP contribution is -2.43. The second kappa shape index (κ2) is 9.09. The number of carboxylic acids is 1. The maximum absolute atomic E-state index is 12.8. The number of unbranched alkanes of at least 4 members (excludes halogenated alkanes) is 1. The molecule has 1 atom stereocenters. The molecule has 0 radical (unpaired) electrons. The number of carboxylic acid groups (broad SMARTS) is 1. The SMILES string of the molecule is CCCCC(C(=O)O)N1C(=O)C(=Cc2cc(OC)c(O)c(OC)c2)SC1=S. The molecule has 1 aliphatic rings. The molecule has 7 nitrogen and oxygen atoms in total. The van der Waals surface area contributed by atoms with Crippen LogP contribution in [0.25, 0.3) is 6.08 Å². The van der Waals surface area contributed by atoms with Crippen LogP contribution < -0.4 is 9.47 Å². The highest BCUT2D eigenvalue weighted by Gasteiger charge is 2.40. The molecule has 1 aromatic rings. The van der Waals surface area contributed by atoms with Gasteiger partial charge in [0.15, 0.2) is 11.5 Å². The quantitative estimate of drug-likeness (QED) is 0.497. The minimum Gasteiger partial charge on any atom is -0.502 e. The molecule has 0 aromatic heterocycles. The molecule has 146 valence electrons. The van der Waals surface area contributed by atoms with Crippen LogP contribution in [0.2, 0.25) is 0 Å². The molecule has 1 heterocycles. The zero-order valence-electron chi connectivity index (χ0n) is 15.2. The lowest BCUT2D eigenvalue weighted by atomic mass is 10.1. The number of thiocarbonyl (C=S) groups is 1. The number of carbonyl (C=O) groups is 2. The Kier molecular flexibility index (Phi) is 7.09. The van der Waals surface area contributed by atoms with Crippen molar-refractivity contribution >= 4 is 46.3 Å². The maximum Gasteiger partial charge on any atom is 0.326 e. The molecule has 1 saturated heterocycles. The van der Waals surface area contributed by atoms with Crippen molar-refractivity contribution in [3.05, 3.63) is 22.6 Å². The average Bonchev–Trinajstić information content (AvgIpc) is 2.90. The first-order valence-corrected chi connectivity index (χ1v) is 9.51. The number of hydrogen-bond acceptors (Lipinski definition) is 7. The highest BCUT2D eigenvalue weighted by molar-refractivity contribution is 8.26. The Balaban J connectivity index is 2.37. The Hall–Kier alpha value is -2.26.